The molecule has 1 N–H and O–H groups in total. The second kappa shape index (κ2) is 4.59. The molecule has 1 amide bonds. The van der Waals surface area contributed by atoms with Gasteiger partial charge in [0, 0.05) is 0 Å². The molecule has 0 bridgehead atoms. The van der Waals surface area contributed by atoms with Crippen molar-refractivity contribution in [3.05, 3.63) is 35.9 Å². The van der Waals surface area contributed by atoms with Crippen LogP contribution in [0.25, 0.3) is 0 Å². The summed E-state index contributed by atoms with van der Waals surface area (Å²) in [5.41, 5.74) is 0.370. The second-order valence-electron chi connectivity index (χ2n) is 3.62. The van der Waals surface area contributed by atoms with Gasteiger partial charge in [-0.1, -0.05) is 30.3 Å². The largest absolute Gasteiger partial charge is 0.415 e. The zero-order chi connectivity index (χ0) is 11.3. The van der Waals surface area contributed by atoms with E-state index in [2.05, 4.69) is 10.1 Å². The predicted molar refractivity (Wildman–Crippen MR) is 55.1 cm³/mol. The molecule has 0 aliphatic carbocycles. The fourth-order valence-electron chi connectivity index (χ4n) is 1.26. The van der Waals surface area contributed by atoms with Crippen molar-refractivity contribution in [2.45, 2.75) is 19.4 Å². The summed E-state index contributed by atoms with van der Waals surface area (Å²) >= 11 is 0. The Balaban J connectivity index is 2.75. The lowest BCUT2D eigenvalue weighted by molar-refractivity contribution is -0.123. The number of amides is 1. The maximum Gasteiger partial charge on any atom is 0.415 e. The average molecular weight is 207 g/mol. The van der Waals surface area contributed by atoms with Gasteiger partial charge in [0.15, 0.2) is 0 Å². The highest BCUT2D eigenvalue weighted by atomic mass is 16.6. The van der Waals surface area contributed by atoms with E-state index in [0.29, 0.717) is 0 Å². The number of rotatable bonds is 3. The minimum absolute atomic E-state index is 0.108. The molecule has 15 heavy (non-hydrogen) atoms. The van der Waals surface area contributed by atoms with Crippen LogP contribution in [0.1, 0.15) is 19.4 Å². The standard InChI is InChI=1S/C11H13NO3/c1-11(2,12-10(14)15-8-13)9-6-4-3-5-7-9/h3-8H,1-2H3,(H,12,14). The predicted octanol–water partition coefficient (Wildman–Crippen LogP) is 1.80. The molecule has 1 rings (SSSR count). The van der Waals surface area contributed by atoms with E-state index in [1.807, 2.05) is 44.2 Å². The summed E-state index contributed by atoms with van der Waals surface area (Å²) in [6, 6.07) is 9.43. The molecule has 0 fully saturated rings. The maximum atomic E-state index is 11.1. The van der Waals surface area contributed by atoms with Crippen LogP contribution >= 0.6 is 0 Å². The van der Waals surface area contributed by atoms with Crippen LogP contribution in [0.5, 0.6) is 0 Å². The van der Waals surface area contributed by atoms with Crippen molar-refractivity contribution in [1.29, 1.82) is 0 Å². The lowest BCUT2D eigenvalue weighted by Crippen LogP contribution is -2.41. The van der Waals surface area contributed by atoms with Crippen LogP contribution in [0.4, 0.5) is 4.79 Å². The smallest absolute Gasteiger partial charge is 0.379 e. The van der Waals surface area contributed by atoms with Crippen LogP contribution in [0.2, 0.25) is 0 Å². The van der Waals surface area contributed by atoms with Gasteiger partial charge in [0.25, 0.3) is 0 Å². The molecular formula is C11H13NO3. The van der Waals surface area contributed by atoms with Crippen LogP contribution < -0.4 is 5.32 Å². The molecule has 4 heteroatoms. The summed E-state index contributed by atoms with van der Waals surface area (Å²) in [6.07, 6.45) is -0.751. The van der Waals surface area contributed by atoms with E-state index < -0.39 is 11.6 Å². The van der Waals surface area contributed by atoms with Gasteiger partial charge in [0.05, 0.1) is 5.54 Å². The number of nitrogens with one attached hydrogen (secondary N) is 1. The van der Waals surface area contributed by atoms with Crippen LogP contribution in [0, 0.1) is 0 Å². The first-order valence-electron chi connectivity index (χ1n) is 4.54. The van der Waals surface area contributed by atoms with Crippen LogP contribution in [0.3, 0.4) is 0 Å². The van der Waals surface area contributed by atoms with Gasteiger partial charge in [-0.05, 0) is 19.4 Å². The van der Waals surface area contributed by atoms with Gasteiger partial charge in [-0.3, -0.25) is 4.79 Å². The number of benzene rings is 1. The van der Waals surface area contributed by atoms with Gasteiger partial charge in [-0.15, -0.1) is 0 Å². The third-order valence-corrected chi connectivity index (χ3v) is 2.07. The number of carbonyl (C=O) groups excluding carboxylic acids is 2. The summed E-state index contributed by atoms with van der Waals surface area (Å²) in [5.74, 6) is 0. The summed E-state index contributed by atoms with van der Waals surface area (Å²) in [4.78, 5) is 21.0. The van der Waals surface area contributed by atoms with Crippen LogP contribution in [-0.4, -0.2) is 12.6 Å². The van der Waals surface area contributed by atoms with Crippen molar-refractivity contribution in [1.82, 2.24) is 5.32 Å². The Bertz CT molecular complexity index is 346. The van der Waals surface area contributed by atoms with Crippen molar-refractivity contribution in [3.63, 3.8) is 0 Å². The summed E-state index contributed by atoms with van der Waals surface area (Å²) in [7, 11) is 0. The molecular weight excluding hydrogens is 194 g/mol. The van der Waals surface area contributed by atoms with Crippen molar-refractivity contribution < 1.29 is 14.3 Å². The van der Waals surface area contributed by atoms with Gasteiger partial charge in [0.1, 0.15) is 0 Å². The molecule has 0 radical (unpaired) electrons. The molecule has 0 aliphatic heterocycles. The maximum absolute atomic E-state index is 11.1. The van der Waals surface area contributed by atoms with Crippen molar-refractivity contribution >= 4 is 12.6 Å². The highest BCUT2D eigenvalue weighted by Crippen LogP contribution is 2.19. The molecule has 0 heterocycles. The molecule has 0 spiro atoms. The molecule has 0 aliphatic rings. The van der Waals surface area contributed by atoms with Gasteiger partial charge >= 0.3 is 12.6 Å². The van der Waals surface area contributed by atoms with Gasteiger partial charge in [-0.2, -0.15) is 0 Å². The molecule has 0 aromatic heterocycles. The van der Waals surface area contributed by atoms with Crippen molar-refractivity contribution in [2.24, 2.45) is 0 Å². The van der Waals surface area contributed by atoms with E-state index >= 15 is 0 Å². The number of carbonyl (C=O) groups is 2. The topological polar surface area (TPSA) is 55.4 Å². The summed E-state index contributed by atoms with van der Waals surface area (Å²) in [5, 5.41) is 2.58. The van der Waals surface area contributed by atoms with E-state index in [1.54, 1.807) is 0 Å². The highest BCUT2D eigenvalue weighted by molar-refractivity contribution is 5.75. The Morgan fingerprint density at radius 1 is 1.33 bits per heavy atom. The zero-order valence-electron chi connectivity index (χ0n) is 8.69. The van der Waals surface area contributed by atoms with Gasteiger partial charge in [0.2, 0.25) is 0 Å². The normalized spacial score (nSPS) is 10.5. The molecule has 0 saturated carbocycles. The minimum atomic E-state index is -0.751. The first kappa shape index (κ1) is 11.2. The molecule has 1 aromatic rings. The lowest BCUT2D eigenvalue weighted by atomic mass is 9.95. The minimum Gasteiger partial charge on any atom is -0.379 e. The SMILES string of the molecule is CC(C)(NC(=O)OC=O)c1ccccc1. The molecule has 0 unspecified atom stereocenters. The van der Waals surface area contributed by atoms with E-state index in [1.165, 1.54) is 0 Å². The Morgan fingerprint density at radius 2 is 1.93 bits per heavy atom. The number of hydrogen-bond donors (Lipinski definition) is 1. The Morgan fingerprint density at radius 3 is 2.47 bits per heavy atom. The van der Waals surface area contributed by atoms with Gasteiger partial charge in [-0.25, -0.2) is 4.79 Å². The molecule has 0 saturated heterocycles. The van der Waals surface area contributed by atoms with E-state index in [0.717, 1.165) is 5.56 Å². The van der Waals surface area contributed by atoms with E-state index in [9.17, 15) is 9.59 Å². The number of alkyl carbamates (subject to hydrolysis) is 1. The van der Waals surface area contributed by atoms with Crippen molar-refractivity contribution in [2.75, 3.05) is 0 Å². The molecule has 0 atom stereocenters. The molecule has 1 aromatic carbocycles. The molecule has 80 valence electrons. The second-order valence-corrected chi connectivity index (χ2v) is 3.62. The third-order valence-electron chi connectivity index (χ3n) is 2.07. The zero-order valence-corrected chi connectivity index (χ0v) is 8.69. The third kappa shape index (κ3) is 3.09. The van der Waals surface area contributed by atoms with Gasteiger partial charge < -0.3 is 10.1 Å². The fraction of sp³-hybridized carbons (Fsp3) is 0.273. The first-order chi connectivity index (χ1) is 7.06. The summed E-state index contributed by atoms with van der Waals surface area (Å²) in [6.45, 7) is 3.76. The summed E-state index contributed by atoms with van der Waals surface area (Å²) < 4.78 is 4.17. The fourth-order valence-corrected chi connectivity index (χ4v) is 1.26. The van der Waals surface area contributed by atoms with Crippen LogP contribution in [-0.2, 0) is 15.1 Å². The monoisotopic (exact) mass is 207 g/mol. The lowest BCUT2D eigenvalue weighted by Gasteiger charge is -2.25. The Labute approximate surface area is 88.2 Å². The Hall–Kier alpha value is -1.84. The van der Waals surface area contributed by atoms with E-state index in [-0.39, 0.29) is 6.47 Å². The average Bonchev–Trinajstić information content (AvgIpc) is 2.18. The van der Waals surface area contributed by atoms with Crippen LogP contribution in [0.15, 0.2) is 30.3 Å². The first-order valence-corrected chi connectivity index (χ1v) is 4.54. The number of ether oxygens (including phenoxy) is 1. The quantitative estimate of drug-likeness (QED) is 0.607. The molecule has 4 nitrogen and oxygen atoms in total. The number of hydrogen-bond acceptors (Lipinski definition) is 3. The van der Waals surface area contributed by atoms with Crippen molar-refractivity contribution in [3.8, 4) is 0 Å². The highest BCUT2D eigenvalue weighted by Gasteiger charge is 2.22. The Kier molecular flexibility index (Phi) is 3.44. The van der Waals surface area contributed by atoms with E-state index in [4.69, 9.17) is 0 Å².